The molecule has 1 atom stereocenters. The Kier molecular flexibility index (Phi) is 19.1. The van der Waals surface area contributed by atoms with Crippen molar-refractivity contribution < 1.29 is 0 Å². The van der Waals surface area contributed by atoms with E-state index in [-0.39, 0.29) is 0 Å². The summed E-state index contributed by atoms with van der Waals surface area (Å²) >= 11 is 0. The minimum atomic E-state index is 0.420. The van der Waals surface area contributed by atoms with Crippen LogP contribution in [0, 0.1) is 0 Å². The number of aliphatic imine (C=N–C) groups is 1. The molecular weight excluding hydrogens is 607 g/mol. The van der Waals surface area contributed by atoms with Gasteiger partial charge in [0.25, 0.3) is 0 Å². The molecule has 4 rings (SSSR count). The quantitative estimate of drug-likeness (QED) is 0.0800. The molecule has 0 bridgehead atoms. The first kappa shape index (κ1) is 41.0. The van der Waals surface area contributed by atoms with E-state index in [1.807, 2.05) is 68.4 Å². The van der Waals surface area contributed by atoms with Gasteiger partial charge in [-0.2, -0.15) is 0 Å². The molecular formula is C47H59N3. The molecule has 4 aromatic carbocycles. The molecule has 0 saturated carbocycles. The smallest absolute Gasteiger partial charge is 0.131 e. The summed E-state index contributed by atoms with van der Waals surface area (Å²) in [5.41, 5.74) is 17.2. The first-order valence-electron chi connectivity index (χ1n) is 18.1. The molecule has 0 radical (unpaired) electrons. The molecule has 0 aromatic heterocycles. The fourth-order valence-electron chi connectivity index (χ4n) is 5.36. The van der Waals surface area contributed by atoms with Crippen LogP contribution in [0.4, 0.5) is 5.69 Å². The Morgan fingerprint density at radius 1 is 0.800 bits per heavy atom. The molecule has 0 aliphatic carbocycles. The second kappa shape index (κ2) is 23.2. The fourth-order valence-corrected chi connectivity index (χ4v) is 5.36. The molecule has 0 amide bonds. The summed E-state index contributed by atoms with van der Waals surface area (Å²) in [6, 6.07) is 37.3. The number of allylic oxidation sites excluding steroid dienone is 7. The number of anilines is 1. The molecule has 0 aliphatic heterocycles. The van der Waals surface area contributed by atoms with Crippen LogP contribution < -0.4 is 11.1 Å². The molecule has 0 fully saturated rings. The fraction of sp³-hybridized carbons (Fsp3) is 0.255. The molecule has 50 heavy (non-hydrogen) atoms. The molecule has 3 N–H and O–H groups in total. The number of nitrogens with one attached hydrogen (secondary N) is 1. The number of nitrogens with two attached hydrogens (primary N) is 1. The monoisotopic (exact) mass is 665 g/mol. The number of amidine groups is 1. The Balaban J connectivity index is 0.000000347. The number of aryl methyl sites for hydroxylation is 1. The predicted molar refractivity (Wildman–Crippen MR) is 224 cm³/mol. The molecule has 262 valence electrons. The lowest BCUT2D eigenvalue weighted by atomic mass is 9.90. The van der Waals surface area contributed by atoms with Crippen LogP contribution in [0.25, 0.3) is 11.3 Å². The molecule has 0 spiro atoms. The standard InChI is InChI=1S/C28H34.C17H19N3.C2H6/c1-6-13-24-15-12-18-28(21-24)25(8-3)19-22(4)23(5)20-27(14-7-2)26-16-10-9-11-17-26;1-3-19-16-11-7-10-15(12-16)17(18)20-13(2)14-8-5-4-6-9-14;1-2/h7,9-12,14-21,25H,5-6,8,13H2,1-4H3;4-12,19H,2-3H2,1H3,(H2,18,20);1-2H3/b14-7-,22-19+,27-20+;;. The van der Waals surface area contributed by atoms with Crippen LogP contribution in [-0.4, -0.2) is 12.4 Å². The van der Waals surface area contributed by atoms with Gasteiger partial charge in [0.2, 0.25) is 0 Å². The highest BCUT2D eigenvalue weighted by Gasteiger charge is 2.09. The van der Waals surface area contributed by atoms with E-state index in [0.717, 1.165) is 41.8 Å². The summed E-state index contributed by atoms with van der Waals surface area (Å²) < 4.78 is 0. The van der Waals surface area contributed by atoms with Gasteiger partial charge in [0.05, 0.1) is 5.70 Å². The third kappa shape index (κ3) is 13.8. The van der Waals surface area contributed by atoms with Crippen LogP contribution >= 0.6 is 0 Å². The molecule has 0 aliphatic rings. The molecule has 1 unspecified atom stereocenters. The van der Waals surface area contributed by atoms with E-state index in [1.54, 1.807) is 0 Å². The lowest BCUT2D eigenvalue weighted by molar-refractivity contribution is 0.795. The third-order valence-electron chi connectivity index (χ3n) is 8.00. The summed E-state index contributed by atoms with van der Waals surface area (Å²) in [5.74, 6) is 0.891. The Morgan fingerprint density at radius 3 is 2.02 bits per heavy atom. The lowest BCUT2D eigenvalue weighted by Crippen LogP contribution is -2.13. The topological polar surface area (TPSA) is 50.4 Å². The van der Waals surface area contributed by atoms with Crippen LogP contribution in [0.15, 0.2) is 163 Å². The second-order valence-electron chi connectivity index (χ2n) is 11.8. The Morgan fingerprint density at radius 2 is 1.42 bits per heavy atom. The van der Waals surface area contributed by atoms with Crippen LogP contribution in [-0.2, 0) is 6.42 Å². The number of nitrogens with zero attached hydrogens (tertiary/aromatic N) is 1. The van der Waals surface area contributed by atoms with E-state index in [4.69, 9.17) is 5.73 Å². The van der Waals surface area contributed by atoms with Gasteiger partial charge in [-0.05, 0) is 90.8 Å². The van der Waals surface area contributed by atoms with Gasteiger partial charge in [-0.25, -0.2) is 4.99 Å². The van der Waals surface area contributed by atoms with Crippen molar-refractivity contribution >= 4 is 22.8 Å². The summed E-state index contributed by atoms with van der Waals surface area (Å²) in [6.45, 7) is 24.0. The highest BCUT2D eigenvalue weighted by molar-refractivity contribution is 6.01. The maximum Gasteiger partial charge on any atom is 0.131 e. The first-order valence-corrected chi connectivity index (χ1v) is 18.1. The van der Waals surface area contributed by atoms with Crippen molar-refractivity contribution in [3.8, 4) is 0 Å². The molecule has 0 saturated heterocycles. The zero-order valence-corrected chi connectivity index (χ0v) is 31.5. The largest absolute Gasteiger partial charge is 0.385 e. The van der Waals surface area contributed by atoms with Crippen LogP contribution in [0.5, 0.6) is 0 Å². The van der Waals surface area contributed by atoms with Gasteiger partial charge in [0.15, 0.2) is 0 Å². The minimum absolute atomic E-state index is 0.420. The summed E-state index contributed by atoms with van der Waals surface area (Å²) in [6.07, 6.45) is 12.2. The maximum atomic E-state index is 6.06. The third-order valence-corrected chi connectivity index (χ3v) is 8.00. The average molecular weight is 666 g/mol. The Hall–Kier alpha value is -5.15. The Bertz CT molecular complexity index is 1720. The van der Waals surface area contributed by atoms with Gasteiger partial charge in [-0.1, -0.05) is 163 Å². The first-order chi connectivity index (χ1) is 24.3. The Labute approximate surface area is 303 Å². The van der Waals surface area contributed by atoms with Gasteiger partial charge in [0, 0.05) is 23.7 Å². The molecule has 3 nitrogen and oxygen atoms in total. The molecule has 3 heteroatoms. The van der Waals surface area contributed by atoms with E-state index in [1.165, 1.54) is 34.3 Å². The van der Waals surface area contributed by atoms with Gasteiger partial charge in [0.1, 0.15) is 5.84 Å². The van der Waals surface area contributed by atoms with E-state index >= 15 is 0 Å². The average Bonchev–Trinajstić information content (AvgIpc) is 3.15. The van der Waals surface area contributed by atoms with Crippen molar-refractivity contribution in [2.75, 3.05) is 11.9 Å². The van der Waals surface area contributed by atoms with Gasteiger partial charge < -0.3 is 11.1 Å². The second-order valence-corrected chi connectivity index (χ2v) is 11.8. The molecule has 0 heterocycles. The van der Waals surface area contributed by atoms with Crippen LogP contribution in [0.1, 0.15) is 95.0 Å². The van der Waals surface area contributed by atoms with Crippen LogP contribution in [0.3, 0.4) is 0 Å². The van der Waals surface area contributed by atoms with Crippen LogP contribution in [0.2, 0.25) is 0 Å². The lowest BCUT2D eigenvalue weighted by Gasteiger charge is -2.15. The van der Waals surface area contributed by atoms with E-state index in [9.17, 15) is 0 Å². The van der Waals surface area contributed by atoms with E-state index in [0.29, 0.717) is 17.5 Å². The minimum Gasteiger partial charge on any atom is -0.385 e. The number of hydrogen-bond donors (Lipinski definition) is 2. The van der Waals surface area contributed by atoms with Crippen molar-refractivity contribution in [2.45, 2.75) is 73.6 Å². The van der Waals surface area contributed by atoms with Crippen molar-refractivity contribution in [2.24, 2.45) is 10.7 Å². The highest BCUT2D eigenvalue weighted by atomic mass is 14.9. The molecule has 4 aromatic rings. The number of benzene rings is 4. The van der Waals surface area contributed by atoms with Crippen molar-refractivity contribution in [3.05, 3.63) is 186 Å². The van der Waals surface area contributed by atoms with E-state index < -0.39 is 0 Å². The number of hydrogen-bond acceptors (Lipinski definition) is 2. The normalized spacial score (nSPS) is 12.3. The van der Waals surface area contributed by atoms with E-state index in [2.05, 4.69) is 137 Å². The summed E-state index contributed by atoms with van der Waals surface area (Å²) in [4.78, 5) is 4.39. The van der Waals surface area contributed by atoms with Crippen molar-refractivity contribution in [1.29, 1.82) is 0 Å². The van der Waals surface area contributed by atoms with Crippen molar-refractivity contribution in [1.82, 2.24) is 0 Å². The zero-order valence-electron chi connectivity index (χ0n) is 31.5. The SMILES string of the molecule is C=C(/C=C(\C=C/C)c1ccccc1)/C(C)=C/C(CC)c1cccc(CCC)c1.C=C(N=C(N)c1cccc(NCC)c1)c1ccccc1.CC. The zero-order chi connectivity index (χ0) is 36.7. The van der Waals surface area contributed by atoms with Gasteiger partial charge in [-0.15, -0.1) is 0 Å². The van der Waals surface area contributed by atoms with Gasteiger partial charge in [-0.3, -0.25) is 0 Å². The summed E-state index contributed by atoms with van der Waals surface area (Å²) in [7, 11) is 0. The maximum absolute atomic E-state index is 6.06. The highest BCUT2D eigenvalue weighted by Crippen LogP contribution is 2.27. The number of rotatable bonds is 14. The predicted octanol–water partition coefficient (Wildman–Crippen LogP) is 12.8. The van der Waals surface area contributed by atoms with Crippen molar-refractivity contribution in [3.63, 3.8) is 0 Å². The van der Waals surface area contributed by atoms with Gasteiger partial charge >= 0.3 is 0 Å². The summed E-state index contributed by atoms with van der Waals surface area (Å²) in [5, 5.41) is 3.25.